The molecule has 0 heterocycles. The van der Waals surface area contributed by atoms with Crippen LogP contribution < -0.4 is 5.32 Å². The van der Waals surface area contributed by atoms with Gasteiger partial charge >= 0.3 is 0 Å². The van der Waals surface area contributed by atoms with Gasteiger partial charge in [-0.2, -0.15) is 0 Å². The lowest BCUT2D eigenvalue weighted by Gasteiger charge is -2.15. The van der Waals surface area contributed by atoms with E-state index in [9.17, 15) is 9.18 Å². The van der Waals surface area contributed by atoms with Crippen LogP contribution in [0.3, 0.4) is 0 Å². The molecule has 1 amide bonds. The number of thiol groups is 1. The minimum Gasteiger partial charge on any atom is -0.345 e. The highest BCUT2D eigenvalue weighted by Gasteiger charge is 2.14. The zero-order chi connectivity index (χ0) is 14.7. The second-order valence-electron chi connectivity index (χ2n) is 4.41. The zero-order valence-corrected chi connectivity index (χ0v) is 12.4. The lowest BCUT2D eigenvalue weighted by molar-refractivity contribution is 0.0940. The average molecular weight is 310 g/mol. The summed E-state index contributed by atoms with van der Waals surface area (Å²) in [5.74, 6) is -0.596. The number of benzene rings is 2. The van der Waals surface area contributed by atoms with E-state index in [0.29, 0.717) is 15.5 Å². The first kappa shape index (κ1) is 14.9. The molecule has 1 atom stereocenters. The van der Waals surface area contributed by atoms with Crippen LogP contribution in [0.2, 0.25) is 5.02 Å². The third-order valence-corrected chi connectivity index (χ3v) is 3.52. The Labute approximate surface area is 127 Å². The van der Waals surface area contributed by atoms with Gasteiger partial charge in [-0.15, -0.1) is 12.6 Å². The van der Waals surface area contributed by atoms with Crippen molar-refractivity contribution in [3.8, 4) is 0 Å². The summed E-state index contributed by atoms with van der Waals surface area (Å²) in [6, 6.07) is 10.7. The van der Waals surface area contributed by atoms with Gasteiger partial charge in [0.25, 0.3) is 5.91 Å². The van der Waals surface area contributed by atoms with E-state index in [0.717, 1.165) is 5.56 Å². The molecular weight excluding hydrogens is 297 g/mol. The highest BCUT2D eigenvalue weighted by atomic mass is 35.5. The molecule has 1 N–H and O–H groups in total. The molecule has 0 aliphatic carbocycles. The smallest absolute Gasteiger partial charge is 0.253 e. The quantitative estimate of drug-likeness (QED) is 0.815. The highest BCUT2D eigenvalue weighted by molar-refractivity contribution is 7.80. The second kappa shape index (κ2) is 6.29. The molecule has 5 heteroatoms. The molecule has 0 spiro atoms. The number of halogens is 2. The predicted octanol–water partition coefficient (Wildman–Crippen LogP) is 4.26. The molecule has 2 rings (SSSR count). The fourth-order valence-corrected chi connectivity index (χ4v) is 2.20. The maximum absolute atomic E-state index is 12.9. The number of carbonyl (C=O) groups excluding carboxylic acids is 1. The average Bonchev–Trinajstić information content (AvgIpc) is 2.42. The van der Waals surface area contributed by atoms with E-state index in [1.165, 1.54) is 12.1 Å². The largest absolute Gasteiger partial charge is 0.345 e. The monoisotopic (exact) mass is 309 g/mol. The van der Waals surface area contributed by atoms with E-state index < -0.39 is 0 Å². The van der Waals surface area contributed by atoms with Crippen LogP contribution in [0.4, 0.5) is 4.39 Å². The van der Waals surface area contributed by atoms with E-state index in [1.54, 1.807) is 30.3 Å². The number of amides is 1. The van der Waals surface area contributed by atoms with Crippen LogP contribution in [0.5, 0.6) is 0 Å². The Kier molecular flexibility index (Phi) is 4.68. The Bertz CT molecular complexity index is 630. The Balaban J connectivity index is 2.15. The van der Waals surface area contributed by atoms with Crippen molar-refractivity contribution in [1.29, 1.82) is 0 Å². The Hall–Kier alpha value is -1.52. The number of nitrogens with one attached hydrogen (secondary N) is 1. The fourth-order valence-electron chi connectivity index (χ4n) is 1.80. The molecule has 2 nitrogen and oxygen atoms in total. The Morgan fingerprint density at radius 3 is 2.55 bits per heavy atom. The van der Waals surface area contributed by atoms with Crippen LogP contribution in [-0.2, 0) is 0 Å². The molecule has 0 aliphatic heterocycles. The third kappa shape index (κ3) is 3.52. The molecule has 0 fully saturated rings. The number of rotatable bonds is 3. The lowest BCUT2D eigenvalue weighted by Crippen LogP contribution is -2.26. The van der Waals surface area contributed by atoms with E-state index in [-0.39, 0.29) is 17.8 Å². The SMILES string of the molecule is CC(NC(=O)c1cc(S)ccc1Cl)c1ccc(F)cc1. The van der Waals surface area contributed by atoms with Gasteiger partial charge in [0.2, 0.25) is 0 Å². The first-order chi connectivity index (χ1) is 9.47. The standard InChI is InChI=1S/C15H13ClFNOS/c1-9(10-2-4-11(17)5-3-10)18-15(19)13-8-12(20)6-7-14(13)16/h2-9,20H,1H3,(H,18,19). The Morgan fingerprint density at radius 2 is 1.90 bits per heavy atom. The van der Waals surface area contributed by atoms with Gasteiger partial charge in [-0.3, -0.25) is 4.79 Å². The second-order valence-corrected chi connectivity index (χ2v) is 5.33. The third-order valence-electron chi connectivity index (χ3n) is 2.91. The molecule has 2 aromatic carbocycles. The van der Waals surface area contributed by atoms with Crippen LogP contribution in [0.25, 0.3) is 0 Å². The van der Waals surface area contributed by atoms with Crippen molar-refractivity contribution < 1.29 is 9.18 Å². The number of hydrogen-bond acceptors (Lipinski definition) is 2. The minimum atomic E-state index is -0.307. The van der Waals surface area contributed by atoms with Gasteiger partial charge in [-0.25, -0.2) is 4.39 Å². The van der Waals surface area contributed by atoms with Gasteiger partial charge in [-0.1, -0.05) is 23.7 Å². The van der Waals surface area contributed by atoms with Gasteiger partial charge in [-0.05, 0) is 42.8 Å². The van der Waals surface area contributed by atoms with Crippen LogP contribution >= 0.6 is 24.2 Å². The van der Waals surface area contributed by atoms with Crippen molar-refractivity contribution in [3.63, 3.8) is 0 Å². The van der Waals surface area contributed by atoms with Gasteiger partial charge < -0.3 is 5.32 Å². The maximum Gasteiger partial charge on any atom is 0.253 e. The molecule has 0 saturated carbocycles. The first-order valence-corrected chi connectivity index (χ1v) is 6.84. The summed E-state index contributed by atoms with van der Waals surface area (Å²) >= 11 is 10.2. The van der Waals surface area contributed by atoms with Crippen molar-refractivity contribution in [2.75, 3.05) is 0 Å². The number of carbonyl (C=O) groups is 1. The highest BCUT2D eigenvalue weighted by Crippen LogP contribution is 2.21. The van der Waals surface area contributed by atoms with Gasteiger partial charge in [0.05, 0.1) is 16.6 Å². The van der Waals surface area contributed by atoms with Crippen molar-refractivity contribution >= 4 is 30.1 Å². The molecule has 0 bridgehead atoms. The van der Waals surface area contributed by atoms with Crippen molar-refractivity contribution in [1.82, 2.24) is 5.32 Å². The van der Waals surface area contributed by atoms with Crippen molar-refractivity contribution in [2.24, 2.45) is 0 Å². The molecule has 0 radical (unpaired) electrons. The maximum atomic E-state index is 12.9. The summed E-state index contributed by atoms with van der Waals surface area (Å²) in [6.45, 7) is 1.82. The minimum absolute atomic E-state index is 0.247. The molecule has 0 saturated heterocycles. The van der Waals surface area contributed by atoms with E-state index in [1.807, 2.05) is 6.92 Å². The summed E-state index contributed by atoms with van der Waals surface area (Å²) < 4.78 is 12.9. The summed E-state index contributed by atoms with van der Waals surface area (Å²) in [6.07, 6.45) is 0. The van der Waals surface area contributed by atoms with E-state index >= 15 is 0 Å². The topological polar surface area (TPSA) is 29.1 Å². The van der Waals surface area contributed by atoms with E-state index in [4.69, 9.17) is 11.6 Å². The first-order valence-electron chi connectivity index (χ1n) is 6.02. The fraction of sp³-hybridized carbons (Fsp3) is 0.133. The van der Waals surface area contributed by atoms with Crippen LogP contribution in [0.15, 0.2) is 47.4 Å². The molecule has 104 valence electrons. The van der Waals surface area contributed by atoms with Crippen molar-refractivity contribution in [2.45, 2.75) is 17.9 Å². The summed E-state index contributed by atoms with van der Waals surface area (Å²) in [4.78, 5) is 12.8. The molecule has 1 unspecified atom stereocenters. The van der Waals surface area contributed by atoms with Gasteiger partial charge in [0.15, 0.2) is 0 Å². The van der Waals surface area contributed by atoms with Gasteiger partial charge in [0.1, 0.15) is 5.82 Å². The summed E-state index contributed by atoms with van der Waals surface area (Å²) in [5.41, 5.74) is 1.19. The summed E-state index contributed by atoms with van der Waals surface area (Å²) in [7, 11) is 0. The molecule has 2 aromatic rings. The molecule has 0 aliphatic rings. The molecule has 0 aromatic heterocycles. The normalized spacial score (nSPS) is 12.0. The predicted molar refractivity (Wildman–Crippen MR) is 81.0 cm³/mol. The summed E-state index contributed by atoms with van der Waals surface area (Å²) in [5, 5.41) is 3.19. The van der Waals surface area contributed by atoms with Crippen LogP contribution in [-0.4, -0.2) is 5.91 Å². The van der Waals surface area contributed by atoms with Gasteiger partial charge in [0, 0.05) is 4.90 Å². The van der Waals surface area contributed by atoms with Crippen LogP contribution in [0, 0.1) is 5.82 Å². The molecular formula is C15H13ClFNOS. The van der Waals surface area contributed by atoms with Crippen LogP contribution in [0.1, 0.15) is 28.9 Å². The zero-order valence-electron chi connectivity index (χ0n) is 10.7. The molecule has 20 heavy (non-hydrogen) atoms. The lowest BCUT2D eigenvalue weighted by atomic mass is 10.1. The van der Waals surface area contributed by atoms with Crippen molar-refractivity contribution in [3.05, 3.63) is 64.4 Å². The Morgan fingerprint density at radius 1 is 1.25 bits per heavy atom. The van der Waals surface area contributed by atoms with E-state index in [2.05, 4.69) is 17.9 Å². The number of hydrogen-bond donors (Lipinski definition) is 2.